The number of pyridine rings is 1. The lowest BCUT2D eigenvalue weighted by Gasteiger charge is -2.11. The number of hydrogen-bond acceptors (Lipinski definition) is 4. The van der Waals surface area contributed by atoms with Crippen LogP contribution in [0.15, 0.2) is 34.9 Å². The first kappa shape index (κ1) is 17.0. The number of aryl methyl sites for hydroxylation is 1. The number of hydrogen-bond donors (Lipinski definition) is 2. The number of halogens is 3. The molecule has 23 heavy (non-hydrogen) atoms. The van der Waals surface area contributed by atoms with Crippen molar-refractivity contribution >= 4 is 39.2 Å². The highest BCUT2D eigenvalue weighted by atomic mass is 79.9. The number of aromatic nitrogens is 1. The van der Waals surface area contributed by atoms with Gasteiger partial charge in [-0.3, -0.25) is 9.78 Å². The Morgan fingerprint density at radius 2 is 2.09 bits per heavy atom. The smallest absolute Gasteiger partial charge is 0.199 e. The van der Waals surface area contributed by atoms with E-state index in [9.17, 15) is 13.6 Å². The van der Waals surface area contributed by atoms with Crippen molar-refractivity contribution in [3.05, 3.63) is 63.4 Å². The first-order valence-electron chi connectivity index (χ1n) is 6.48. The Labute approximate surface area is 139 Å². The summed E-state index contributed by atoms with van der Waals surface area (Å²) in [4.78, 5) is 16.7. The molecule has 0 saturated heterocycles. The van der Waals surface area contributed by atoms with E-state index in [-0.39, 0.29) is 11.3 Å². The second kappa shape index (κ2) is 6.78. The normalized spacial score (nSPS) is 11.4. The Kier molecular flexibility index (Phi) is 5.00. The van der Waals surface area contributed by atoms with Crippen LogP contribution in [0.4, 0.5) is 14.5 Å². The minimum Gasteiger partial charge on any atom is -0.396 e. The number of carbonyl (C=O) groups excluding carboxylic acids is 1. The van der Waals surface area contributed by atoms with Gasteiger partial charge in [-0.2, -0.15) is 0 Å². The van der Waals surface area contributed by atoms with Crippen LogP contribution in [0, 0.1) is 24.0 Å². The highest BCUT2D eigenvalue weighted by molar-refractivity contribution is 9.10. The molecule has 3 N–H and O–H groups in total. The third-order valence-electron chi connectivity index (χ3n) is 3.19. The van der Waals surface area contributed by atoms with Gasteiger partial charge in [0.2, 0.25) is 0 Å². The maximum absolute atomic E-state index is 14.1. The molecular formula is C16H12BrF2N3O. The number of nitrogens with two attached hydrogens (primary N) is 1. The topological polar surface area (TPSA) is 79.8 Å². The third kappa shape index (κ3) is 3.34. The number of carbonyl (C=O) groups is 1. The van der Waals surface area contributed by atoms with Crippen LogP contribution in [0.25, 0.3) is 5.57 Å². The van der Waals surface area contributed by atoms with Gasteiger partial charge in [0.25, 0.3) is 0 Å². The van der Waals surface area contributed by atoms with Gasteiger partial charge in [-0.15, -0.1) is 0 Å². The molecule has 1 heterocycles. The lowest BCUT2D eigenvalue weighted by Crippen LogP contribution is -2.11. The average Bonchev–Trinajstić information content (AvgIpc) is 2.51. The predicted molar refractivity (Wildman–Crippen MR) is 88.5 cm³/mol. The van der Waals surface area contributed by atoms with Crippen LogP contribution in [0.5, 0.6) is 0 Å². The number of benzene rings is 1. The molecule has 0 bridgehead atoms. The molecule has 0 aliphatic heterocycles. The van der Waals surface area contributed by atoms with Crippen molar-refractivity contribution in [2.24, 2.45) is 0 Å². The number of Topliss-reactive ketones (excluding diaryl/α,β-unsaturated/α-hetero) is 1. The Balaban J connectivity index is 2.67. The number of allylic oxidation sites excluding steroid dienone is 2. The highest BCUT2D eigenvalue weighted by Gasteiger charge is 2.24. The van der Waals surface area contributed by atoms with E-state index in [1.54, 1.807) is 13.0 Å². The second-order valence-electron chi connectivity index (χ2n) is 4.69. The molecule has 0 atom stereocenters. The second-order valence-corrected chi connectivity index (χ2v) is 5.60. The summed E-state index contributed by atoms with van der Waals surface area (Å²) in [6.45, 7) is 1.65. The van der Waals surface area contributed by atoms with Crippen molar-refractivity contribution in [3.8, 4) is 0 Å². The molecule has 2 aromatic rings. The van der Waals surface area contributed by atoms with Crippen molar-refractivity contribution < 1.29 is 13.6 Å². The van der Waals surface area contributed by atoms with E-state index in [0.717, 1.165) is 18.3 Å². The van der Waals surface area contributed by atoms with Crippen molar-refractivity contribution in [1.82, 2.24) is 4.98 Å². The predicted octanol–water partition coefficient (Wildman–Crippen LogP) is 3.93. The van der Waals surface area contributed by atoms with Crippen LogP contribution < -0.4 is 5.73 Å². The van der Waals surface area contributed by atoms with E-state index >= 15 is 0 Å². The number of nitrogens with one attached hydrogen (secondary N) is 1. The Hall–Kier alpha value is -2.41. The van der Waals surface area contributed by atoms with Gasteiger partial charge in [-0.05, 0) is 47.1 Å². The quantitative estimate of drug-likeness (QED) is 0.365. The molecule has 0 aliphatic rings. The van der Waals surface area contributed by atoms with Gasteiger partial charge in [0.05, 0.1) is 11.3 Å². The number of nitrogens with zero attached hydrogens (tertiary/aromatic N) is 1. The molecule has 0 radical (unpaired) electrons. The minimum atomic E-state index is -1.12. The number of ketones is 1. The summed E-state index contributed by atoms with van der Waals surface area (Å²) in [6, 6.07) is 3.57. The number of nitrogen functional groups attached to an aromatic ring is 1. The summed E-state index contributed by atoms with van der Waals surface area (Å²) in [5.41, 5.74) is 5.15. The first-order chi connectivity index (χ1) is 10.9. The minimum absolute atomic E-state index is 0.0466. The van der Waals surface area contributed by atoms with Crippen LogP contribution in [-0.4, -0.2) is 17.0 Å². The molecule has 7 heteroatoms. The van der Waals surface area contributed by atoms with E-state index in [4.69, 9.17) is 11.1 Å². The molecule has 118 valence electrons. The molecule has 0 fully saturated rings. The fourth-order valence-electron chi connectivity index (χ4n) is 2.06. The molecule has 0 spiro atoms. The zero-order valence-corrected chi connectivity index (χ0v) is 13.6. The monoisotopic (exact) mass is 379 g/mol. The molecular weight excluding hydrogens is 368 g/mol. The van der Waals surface area contributed by atoms with E-state index in [1.165, 1.54) is 12.3 Å². The first-order valence-corrected chi connectivity index (χ1v) is 7.27. The summed E-state index contributed by atoms with van der Waals surface area (Å²) in [6.07, 6.45) is 3.57. The maximum Gasteiger partial charge on any atom is 0.199 e. The Morgan fingerprint density at radius 1 is 1.39 bits per heavy atom. The summed E-state index contributed by atoms with van der Waals surface area (Å²) in [7, 11) is 0. The standard InChI is InChI=1S/C16H12BrF2N3O/c1-8-11(6-9(17)7-22-8)10(4-5-20)16(23)14-12(18)2-3-13(21)15(14)19/h2-7,20H,21H2,1H3/b10-4+,20-5?. The number of rotatable bonds is 4. The van der Waals surface area contributed by atoms with Crippen LogP contribution in [0.3, 0.4) is 0 Å². The van der Waals surface area contributed by atoms with Crippen molar-refractivity contribution in [2.75, 3.05) is 5.73 Å². The van der Waals surface area contributed by atoms with E-state index in [0.29, 0.717) is 15.7 Å². The zero-order chi connectivity index (χ0) is 17.1. The van der Waals surface area contributed by atoms with Crippen LogP contribution in [0.2, 0.25) is 0 Å². The lowest BCUT2D eigenvalue weighted by atomic mass is 9.94. The van der Waals surface area contributed by atoms with E-state index < -0.39 is 23.0 Å². The largest absolute Gasteiger partial charge is 0.396 e. The zero-order valence-electron chi connectivity index (χ0n) is 12.0. The summed E-state index contributed by atoms with van der Waals surface area (Å²) in [5.74, 6) is -3.04. The van der Waals surface area contributed by atoms with Gasteiger partial charge in [-0.25, -0.2) is 8.78 Å². The fourth-order valence-corrected chi connectivity index (χ4v) is 2.39. The molecule has 0 amide bonds. The Morgan fingerprint density at radius 3 is 2.74 bits per heavy atom. The summed E-state index contributed by atoms with van der Waals surface area (Å²) < 4.78 is 28.7. The molecule has 0 aliphatic carbocycles. The molecule has 0 unspecified atom stereocenters. The fraction of sp³-hybridized carbons (Fsp3) is 0.0625. The van der Waals surface area contributed by atoms with Gasteiger partial charge < -0.3 is 11.1 Å². The third-order valence-corrected chi connectivity index (χ3v) is 3.62. The molecule has 2 rings (SSSR count). The van der Waals surface area contributed by atoms with Gasteiger partial charge in [0.1, 0.15) is 5.82 Å². The Bertz CT molecular complexity index is 834. The van der Waals surface area contributed by atoms with E-state index in [1.807, 2.05) is 0 Å². The summed E-state index contributed by atoms with van der Waals surface area (Å²) in [5, 5.41) is 7.21. The van der Waals surface area contributed by atoms with E-state index in [2.05, 4.69) is 20.9 Å². The van der Waals surface area contributed by atoms with Crippen LogP contribution in [0.1, 0.15) is 21.6 Å². The molecule has 0 saturated carbocycles. The van der Waals surface area contributed by atoms with Gasteiger partial charge in [-0.1, -0.05) is 0 Å². The van der Waals surface area contributed by atoms with Gasteiger partial charge in [0, 0.05) is 33.7 Å². The lowest BCUT2D eigenvalue weighted by molar-refractivity contribution is 0.104. The van der Waals surface area contributed by atoms with Gasteiger partial charge in [0.15, 0.2) is 11.6 Å². The maximum atomic E-state index is 14.1. The van der Waals surface area contributed by atoms with Gasteiger partial charge >= 0.3 is 0 Å². The van der Waals surface area contributed by atoms with Crippen molar-refractivity contribution in [2.45, 2.75) is 6.92 Å². The molecule has 1 aromatic heterocycles. The summed E-state index contributed by atoms with van der Waals surface area (Å²) >= 11 is 3.24. The van der Waals surface area contributed by atoms with Crippen molar-refractivity contribution in [3.63, 3.8) is 0 Å². The number of anilines is 1. The highest BCUT2D eigenvalue weighted by Crippen LogP contribution is 2.28. The van der Waals surface area contributed by atoms with Crippen molar-refractivity contribution in [1.29, 1.82) is 5.41 Å². The molecule has 1 aromatic carbocycles. The SMILES string of the molecule is Cc1ncc(Br)cc1/C(=C\C=N)C(=O)c1c(F)ccc(N)c1F. The average molecular weight is 380 g/mol. The van der Waals surface area contributed by atoms with Crippen LogP contribution >= 0.6 is 15.9 Å². The van der Waals surface area contributed by atoms with Crippen LogP contribution in [-0.2, 0) is 0 Å². The molecule has 4 nitrogen and oxygen atoms in total.